The molecule has 0 atom stereocenters. The van der Waals surface area contributed by atoms with Crippen molar-refractivity contribution in [2.45, 2.75) is 13.0 Å². The Morgan fingerprint density at radius 1 is 1.03 bits per heavy atom. The van der Waals surface area contributed by atoms with Crippen molar-refractivity contribution >= 4 is 16.7 Å². The smallest absolute Gasteiger partial charge is 0.188 e. The Morgan fingerprint density at radius 2 is 1.93 bits per heavy atom. The normalized spacial score (nSPS) is 11.2. The quantitative estimate of drug-likeness (QED) is 0.439. The number of rotatable bonds is 6. The molecule has 0 amide bonds. The molecule has 0 radical (unpaired) electrons. The average molecular weight is 383 g/mol. The summed E-state index contributed by atoms with van der Waals surface area (Å²) in [6, 6.07) is 9.74. The summed E-state index contributed by atoms with van der Waals surface area (Å²) in [6.07, 6.45) is 11.0. The number of carbonyl (C=O) groups excluding carboxylic acids is 1. The molecule has 8 heteroatoms. The van der Waals surface area contributed by atoms with Gasteiger partial charge in [0.1, 0.15) is 5.69 Å². The highest BCUT2D eigenvalue weighted by Gasteiger charge is 2.16. The Labute approximate surface area is 165 Å². The number of carbonyl (C=O) groups is 1. The predicted molar refractivity (Wildman–Crippen MR) is 107 cm³/mol. The van der Waals surface area contributed by atoms with Gasteiger partial charge in [-0.05, 0) is 41.0 Å². The van der Waals surface area contributed by atoms with E-state index in [1.165, 1.54) is 0 Å². The van der Waals surface area contributed by atoms with Gasteiger partial charge in [0.15, 0.2) is 5.78 Å². The topological polar surface area (TPSA) is 105 Å². The molecule has 1 aromatic carbocycles. The van der Waals surface area contributed by atoms with Gasteiger partial charge in [0.25, 0.3) is 0 Å². The second-order valence-corrected chi connectivity index (χ2v) is 6.82. The lowest BCUT2D eigenvalue weighted by molar-refractivity contribution is 0.0989. The maximum Gasteiger partial charge on any atom is 0.188 e. The molecule has 4 aromatic heterocycles. The molecule has 0 saturated carbocycles. The molecule has 0 spiro atoms. The number of aromatic nitrogens is 7. The molecule has 8 nitrogen and oxygen atoms in total. The largest absolute Gasteiger partial charge is 0.292 e. The van der Waals surface area contributed by atoms with Crippen LogP contribution in [0, 0.1) is 0 Å². The summed E-state index contributed by atoms with van der Waals surface area (Å²) in [5.74, 6) is -0.0456. The number of Topliss-reactive ketones (excluding diaryl/α,β-unsaturated/α-hetero) is 1. The summed E-state index contributed by atoms with van der Waals surface area (Å²) in [5, 5.41) is 19.2. The Morgan fingerprint density at radius 3 is 2.76 bits per heavy atom. The molecule has 0 fully saturated rings. The number of aromatic amines is 2. The minimum absolute atomic E-state index is 0.0456. The first kappa shape index (κ1) is 17.1. The fourth-order valence-corrected chi connectivity index (χ4v) is 3.35. The fourth-order valence-electron chi connectivity index (χ4n) is 3.35. The Balaban J connectivity index is 1.34. The van der Waals surface area contributed by atoms with Crippen molar-refractivity contribution < 1.29 is 4.79 Å². The molecule has 0 bridgehead atoms. The van der Waals surface area contributed by atoms with Gasteiger partial charge in [0.05, 0.1) is 24.5 Å². The molecule has 0 aliphatic heterocycles. The minimum Gasteiger partial charge on any atom is -0.292 e. The van der Waals surface area contributed by atoms with Crippen LogP contribution in [0.2, 0.25) is 0 Å². The predicted octanol–water partition coefficient (Wildman–Crippen LogP) is 3.02. The van der Waals surface area contributed by atoms with Crippen LogP contribution < -0.4 is 0 Å². The highest BCUT2D eigenvalue weighted by atomic mass is 16.1. The summed E-state index contributed by atoms with van der Waals surface area (Å²) in [6.45, 7) is 0.638. The number of ketones is 1. The van der Waals surface area contributed by atoms with Crippen molar-refractivity contribution in [3.8, 4) is 11.1 Å². The summed E-state index contributed by atoms with van der Waals surface area (Å²) >= 11 is 0. The van der Waals surface area contributed by atoms with Crippen LogP contribution in [0.4, 0.5) is 0 Å². The zero-order valence-electron chi connectivity index (χ0n) is 15.4. The number of nitrogens with one attached hydrogen (secondary N) is 2. The number of hydrogen-bond donors (Lipinski definition) is 2. The third kappa shape index (κ3) is 3.43. The number of hydrogen-bond acceptors (Lipinski definition) is 5. The van der Waals surface area contributed by atoms with E-state index in [4.69, 9.17) is 0 Å². The Hall–Kier alpha value is -4.07. The van der Waals surface area contributed by atoms with Crippen LogP contribution in [0.5, 0.6) is 0 Å². The first-order valence-electron chi connectivity index (χ1n) is 9.17. The lowest BCUT2D eigenvalue weighted by Gasteiger charge is -2.00. The third-order valence-corrected chi connectivity index (χ3v) is 4.80. The van der Waals surface area contributed by atoms with Crippen molar-refractivity contribution in [1.29, 1.82) is 0 Å². The van der Waals surface area contributed by atoms with Crippen LogP contribution in [0.15, 0.2) is 67.5 Å². The van der Waals surface area contributed by atoms with E-state index in [2.05, 4.69) is 30.5 Å². The summed E-state index contributed by atoms with van der Waals surface area (Å²) < 4.78 is 1.82. The second kappa shape index (κ2) is 7.16. The van der Waals surface area contributed by atoms with Gasteiger partial charge in [0.2, 0.25) is 0 Å². The molecule has 0 saturated heterocycles. The Bertz CT molecular complexity index is 1270. The minimum atomic E-state index is -0.0456. The van der Waals surface area contributed by atoms with Gasteiger partial charge in [-0.3, -0.25) is 24.7 Å². The van der Waals surface area contributed by atoms with Crippen LogP contribution >= 0.6 is 0 Å². The van der Waals surface area contributed by atoms with Gasteiger partial charge >= 0.3 is 0 Å². The number of H-pyrrole nitrogens is 2. The molecule has 2 N–H and O–H groups in total. The lowest BCUT2D eigenvalue weighted by atomic mass is 10.0. The summed E-state index contributed by atoms with van der Waals surface area (Å²) in [7, 11) is 0. The van der Waals surface area contributed by atoms with E-state index in [0.717, 1.165) is 33.2 Å². The molecule has 142 valence electrons. The van der Waals surface area contributed by atoms with Crippen LogP contribution in [0.25, 0.3) is 22.0 Å². The summed E-state index contributed by atoms with van der Waals surface area (Å²) in [5.41, 5.74) is 5.21. The zero-order chi connectivity index (χ0) is 19.6. The van der Waals surface area contributed by atoms with Crippen molar-refractivity contribution in [2.24, 2.45) is 0 Å². The SMILES string of the molecule is O=C(Cc1cnn(Cc2ccncc2)c1)c1n[nH]c2cc(-c3cn[nH]c3)ccc12. The molecule has 5 aromatic rings. The van der Waals surface area contributed by atoms with E-state index < -0.39 is 0 Å². The van der Waals surface area contributed by atoms with Gasteiger partial charge in [-0.25, -0.2) is 0 Å². The molecule has 5 rings (SSSR count). The van der Waals surface area contributed by atoms with Gasteiger partial charge in [0, 0.05) is 42.2 Å². The van der Waals surface area contributed by atoms with Gasteiger partial charge in [-0.1, -0.05) is 6.07 Å². The molecular weight excluding hydrogens is 366 g/mol. The molecule has 0 unspecified atom stereocenters. The highest BCUT2D eigenvalue weighted by molar-refractivity contribution is 6.07. The molecule has 29 heavy (non-hydrogen) atoms. The first-order chi connectivity index (χ1) is 14.3. The van der Waals surface area contributed by atoms with E-state index >= 15 is 0 Å². The van der Waals surface area contributed by atoms with Crippen LogP contribution in [0.1, 0.15) is 21.6 Å². The van der Waals surface area contributed by atoms with Crippen molar-refractivity contribution in [3.63, 3.8) is 0 Å². The van der Waals surface area contributed by atoms with Crippen LogP contribution in [0.3, 0.4) is 0 Å². The average Bonchev–Trinajstić information content (AvgIpc) is 3.49. The zero-order valence-corrected chi connectivity index (χ0v) is 15.4. The monoisotopic (exact) mass is 383 g/mol. The van der Waals surface area contributed by atoms with Crippen LogP contribution in [-0.2, 0) is 13.0 Å². The molecular formula is C21H17N7O. The van der Waals surface area contributed by atoms with Crippen LogP contribution in [-0.4, -0.2) is 40.9 Å². The third-order valence-electron chi connectivity index (χ3n) is 4.80. The van der Waals surface area contributed by atoms with Gasteiger partial charge < -0.3 is 0 Å². The standard InChI is InChI=1S/C21H17N7O/c29-20(7-15-9-25-28(13-15)12-14-3-5-22-6-4-14)21-18-2-1-16(8-19(18)26-27-21)17-10-23-24-11-17/h1-6,8-11,13H,7,12H2,(H,23,24)(H,26,27). The van der Waals surface area contributed by atoms with Crippen molar-refractivity contribution in [2.75, 3.05) is 0 Å². The van der Waals surface area contributed by atoms with E-state index in [9.17, 15) is 4.79 Å². The number of fused-ring (bicyclic) bond motifs is 1. The first-order valence-corrected chi connectivity index (χ1v) is 9.17. The summed E-state index contributed by atoms with van der Waals surface area (Å²) in [4.78, 5) is 16.8. The maximum atomic E-state index is 12.8. The second-order valence-electron chi connectivity index (χ2n) is 6.82. The van der Waals surface area contributed by atoms with E-state index in [1.807, 2.05) is 47.4 Å². The number of nitrogens with zero attached hydrogens (tertiary/aromatic N) is 5. The molecule has 0 aliphatic carbocycles. The van der Waals surface area contributed by atoms with Crippen molar-refractivity contribution in [1.82, 2.24) is 35.2 Å². The highest BCUT2D eigenvalue weighted by Crippen LogP contribution is 2.25. The van der Waals surface area contributed by atoms with E-state index in [1.54, 1.807) is 24.8 Å². The number of pyridine rings is 1. The van der Waals surface area contributed by atoms with E-state index in [0.29, 0.717) is 12.2 Å². The molecule has 0 aliphatic rings. The van der Waals surface area contributed by atoms with E-state index in [-0.39, 0.29) is 12.2 Å². The molecule has 4 heterocycles. The maximum absolute atomic E-state index is 12.8. The number of benzene rings is 1. The Kier molecular flexibility index (Phi) is 4.21. The fraction of sp³-hybridized carbons (Fsp3) is 0.0952. The lowest BCUT2D eigenvalue weighted by Crippen LogP contribution is -2.04. The van der Waals surface area contributed by atoms with Gasteiger partial charge in [-0.2, -0.15) is 15.3 Å². The van der Waals surface area contributed by atoms with Gasteiger partial charge in [-0.15, -0.1) is 0 Å². The van der Waals surface area contributed by atoms with Crippen molar-refractivity contribution in [3.05, 3.63) is 84.3 Å².